The second kappa shape index (κ2) is 8.99. The third-order valence-corrected chi connectivity index (χ3v) is 5.07. The molecular weight excluding hydrogens is 494 g/mol. The summed E-state index contributed by atoms with van der Waals surface area (Å²) in [5, 5.41) is 0.215. The smallest absolute Gasteiger partial charge is 0.212 e. The minimum atomic E-state index is -0.586. The predicted molar refractivity (Wildman–Crippen MR) is 115 cm³/mol. The summed E-state index contributed by atoms with van der Waals surface area (Å²) >= 11 is 9.49. The first-order chi connectivity index (χ1) is 14.9. The Morgan fingerprint density at radius 2 is 1.94 bits per heavy atom. The minimum Gasteiger partial charge on any atom is -0.496 e. The summed E-state index contributed by atoms with van der Waals surface area (Å²) in [5.74, 6) is 0.313. The van der Waals surface area contributed by atoms with Gasteiger partial charge in [-0.2, -0.15) is 4.39 Å². The normalized spacial score (nSPS) is 10.9. The number of nitrogens with one attached hydrogen (secondary N) is 1. The Bertz CT molecular complexity index is 1230. The van der Waals surface area contributed by atoms with E-state index in [0.29, 0.717) is 38.6 Å². The van der Waals surface area contributed by atoms with Crippen molar-refractivity contribution in [2.45, 2.75) is 6.61 Å². The van der Waals surface area contributed by atoms with E-state index < -0.39 is 11.8 Å². The molecule has 3 aromatic heterocycles. The number of rotatable bonds is 6. The Kier molecular flexibility index (Phi) is 6.15. The van der Waals surface area contributed by atoms with Crippen molar-refractivity contribution in [3.63, 3.8) is 0 Å². The summed E-state index contributed by atoms with van der Waals surface area (Å²) in [5.41, 5.74) is 1.92. The van der Waals surface area contributed by atoms with Crippen LogP contribution in [0, 0.1) is 11.8 Å². The summed E-state index contributed by atoms with van der Waals surface area (Å²) in [4.78, 5) is 15.0. The number of benzene rings is 1. The quantitative estimate of drug-likeness (QED) is 0.333. The van der Waals surface area contributed by atoms with Gasteiger partial charge in [0.2, 0.25) is 5.95 Å². The van der Waals surface area contributed by atoms with E-state index in [1.54, 1.807) is 24.3 Å². The molecule has 0 amide bonds. The van der Waals surface area contributed by atoms with Crippen molar-refractivity contribution in [1.82, 2.24) is 19.9 Å². The number of ether oxygens (including phenoxy) is 2. The molecule has 1 N–H and O–H groups in total. The van der Waals surface area contributed by atoms with Crippen LogP contribution in [-0.2, 0) is 6.61 Å². The van der Waals surface area contributed by atoms with Crippen LogP contribution in [-0.4, -0.2) is 27.0 Å². The third kappa shape index (κ3) is 4.67. The largest absolute Gasteiger partial charge is 0.496 e. The molecule has 0 unspecified atom stereocenters. The van der Waals surface area contributed by atoms with Crippen LogP contribution in [0.1, 0.15) is 5.69 Å². The lowest BCUT2D eigenvalue weighted by molar-refractivity contribution is 0.292. The number of halogens is 4. The Balaban J connectivity index is 1.59. The van der Waals surface area contributed by atoms with Crippen molar-refractivity contribution in [2.75, 3.05) is 7.11 Å². The van der Waals surface area contributed by atoms with Crippen molar-refractivity contribution in [3.8, 4) is 34.1 Å². The standard InChI is InChI=1S/C21H14BrClF2N4O2/c1-30-17-7-13(31-10-16-15(24)6-12(22)9-26-16)3-4-14(17)19-20(23)29-21(28-19)11-2-5-18(25)27-8-11/h2-9H,10H2,1H3,(H,28,29). The fourth-order valence-electron chi connectivity index (χ4n) is 2.85. The molecule has 4 rings (SSSR count). The highest BCUT2D eigenvalue weighted by Crippen LogP contribution is 2.37. The highest BCUT2D eigenvalue weighted by Gasteiger charge is 2.17. The van der Waals surface area contributed by atoms with Gasteiger partial charge in [-0.15, -0.1) is 0 Å². The van der Waals surface area contributed by atoms with Gasteiger partial charge in [-0.3, -0.25) is 4.98 Å². The average Bonchev–Trinajstić information content (AvgIpc) is 3.14. The van der Waals surface area contributed by atoms with Gasteiger partial charge in [0.1, 0.15) is 35.4 Å². The van der Waals surface area contributed by atoms with Crippen molar-refractivity contribution in [2.24, 2.45) is 0 Å². The van der Waals surface area contributed by atoms with E-state index in [-0.39, 0.29) is 17.5 Å². The Hall–Kier alpha value is -3.04. The molecule has 0 spiro atoms. The summed E-state index contributed by atoms with van der Waals surface area (Å²) in [6, 6.07) is 9.20. The Morgan fingerprint density at radius 1 is 1.10 bits per heavy atom. The molecule has 10 heteroatoms. The van der Waals surface area contributed by atoms with Gasteiger partial charge in [-0.05, 0) is 46.3 Å². The van der Waals surface area contributed by atoms with Crippen LogP contribution in [0.25, 0.3) is 22.6 Å². The van der Waals surface area contributed by atoms with E-state index >= 15 is 0 Å². The van der Waals surface area contributed by atoms with Gasteiger partial charge < -0.3 is 14.5 Å². The Morgan fingerprint density at radius 3 is 2.65 bits per heavy atom. The predicted octanol–water partition coefficient (Wildman–Crippen LogP) is 5.82. The monoisotopic (exact) mass is 506 g/mol. The average molecular weight is 508 g/mol. The molecule has 0 saturated heterocycles. The Labute approximate surface area is 189 Å². The van der Waals surface area contributed by atoms with Gasteiger partial charge in [-0.1, -0.05) is 11.6 Å². The van der Waals surface area contributed by atoms with Gasteiger partial charge in [0, 0.05) is 34.1 Å². The first-order valence-corrected chi connectivity index (χ1v) is 10.1. The summed E-state index contributed by atoms with van der Waals surface area (Å²) in [7, 11) is 1.51. The third-order valence-electron chi connectivity index (χ3n) is 4.36. The lowest BCUT2D eigenvalue weighted by Gasteiger charge is -2.11. The number of aromatic amines is 1. The summed E-state index contributed by atoms with van der Waals surface area (Å²) in [6.07, 6.45) is 2.86. The van der Waals surface area contributed by atoms with Crippen LogP contribution in [0.4, 0.5) is 8.78 Å². The van der Waals surface area contributed by atoms with E-state index in [0.717, 1.165) is 0 Å². The minimum absolute atomic E-state index is 0.0475. The van der Waals surface area contributed by atoms with Gasteiger partial charge in [0.15, 0.2) is 5.15 Å². The molecule has 0 aliphatic rings. The van der Waals surface area contributed by atoms with E-state index in [9.17, 15) is 8.78 Å². The fraction of sp³-hybridized carbons (Fsp3) is 0.0952. The molecule has 0 aliphatic carbocycles. The van der Waals surface area contributed by atoms with Gasteiger partial charge in [0.05, 0.1) is 12.8 Å². The maximum absolute atomic E-state index is 13.9. The van der Waals surface area contributed by atoms with E-state index in [2.05, 4.69) is 35.9 Å². The zero-order valence-electron chi connectivity index (χ0n) is 16.0. The van der Waals surface area contributed by atoms with E-state index in [1.165, 1.54) is 31.6 Å². The van der Waals surface area contributed by atoms with E-state index in [4.69, 9.17) is 21.1 Å². The van der Waals surface area contributed by atoms with Gasteiger partial charge in [0.25, 0.3) is 0 Å². The highest BCUT2D eigenvalue weighted by molar-refractivity contribution is 9.10. The number of hydrogen-bond acceptors (Lipinski definition) is 5. The maximum Gasteiger partial charge on any atom is 0.212 e. The van der Waals surface area contributed by atoms with Crippen LogP contribution in [0.3, 0.4) is 0 Å². The number of hydrogen-bond donors (Lipinski definition) is 1. The van der Waals surface area contributed by atoms with Crippen LogP contribution < -0.4 is 9.47 Å². The molecule has 1 aromatic carbocycles. The zero-order chi connectivity index (χ0) is 22.0. The second-order valence-corrected chi connectivity index (χ2v) is 7.63. The molecule has 0 bridgehead atoms. The molecule has 6 nitrogen and oxygen atoms in total. The van der Waals surface area contributed by atoms with Crippen LogP contribution in [0.2, 0.25) is 5.15 Å². The number of pyridine rings is 2. The molecule has 0 radical (unpaired) electrons. The van der Waals surface area contributed by atoms with Crippen molar-refractivity contribution < 1.29 is 18.3 Å². The highest BCUT2D eigenvalue weighted by atomic mass is 79.9. The van der Waals surface area contributed by atoms with E-state index in [1.807, 2.05) is 0 Å². The van der Waals surface area contributed by atoms with Crippen LogP contribution in [0.15, 0.2) is 53.3 Å². The van der Waals surface area contributed by atoms with Crippen molar-refractivity contribution in [3.05, 3.63) is 75.9 Å². The number of aromatic nitrogens is 4. The SMILES string of the molecule is COc1cc(OCc2ncc(Br)cc2F)ccc1-c1[nH]c(-c2ccc(F)nc2)nc1Cl. The molecule has 0 aliphatic heterocycles. The molecular formula is C21H14BrClF2N4O2. The second-order valence-electron chi connectivity index (χ2n) is 6.35. The lowest BCUT2D eigenvalue weighted by Crippen LogP contribution is -2.02. The molecule has 158 valence electrons. The van der Waals surface area contributed by atoms with Crippen molar-refractivity contribution in [1.29, 1.82) is 0 Å². The molecule has 0 fully saturated rings. The number of H-pyrrole nitrogens is 1. The number of imidazole rings is 1. The number of methoxy groups -OCH3 is 1. The molecule has 3 heterocycles. The molecule has 31 heavy (non-hydrogen) atoms. The first-order valence-electron chi connectivity index (χ1n) is 8.93. The molecule has 0 saturated carbocycles. The zero-order valence-corrected chi connectivity index (χ0v) is 18.3. The molecule has 0 atom stereocenters. The van der Waals surface area contributed by atoms with Crippen LogP contribution in [0.5, 0.6) is 11.5 Å². The van der Waals surface area contributed by atoms with Gasteiger partial charge in [-0.25, -0.2) is 14.4 Å². The summed E-state index contributed by atoms with van der Waals surface area (Å²) in [6.45, 7) is -0.0475. The first kappa shape index (κ1) is 21.2. The van der Waals surface area contributed by atoms with Gasteiger partial charge >= 0.3 is 0 Å². The number of nitrogens with zero attached hydrogens (tertiary/aromatic N) is 3. The van der Waals surface area contributed by atoms with Crippen molar-refractivity contribution >= 4 is 27.5 Å². The summed E-state index contributed by atoms with van der Waals surface area (Å²) < 4.78 is 38.7. The fourth-order valence-corrected chi connectivity index (χ4v) is 3.39. The topological polar surface area (TPSA) is 72.9 Å². The molecule has 4 aromatic rings. The maximum atomic E-state index is 13.9. The van der Waals surface area contributed by atoms with Crippen LogP contribution >= 0.6 is 27.5 Å². The lowest BCUT2D eigenvalue weighted by atomic mass is 10.1.